The number of ether oxygens (including phenoxy) is 1. The van der Waals surface area contributed by atoms with Gasteiger partial charge in [-0.3, -0.25) is 4.79 Å². The number of nitrogens with one attached hydrogen (secondary N) is 2. The normalized spacial score (nSPS) is 16.2. The molecule has 1 aromatic heterocycles. The van der Waals surface area contributed by atoms with Crippen molar-refractivity contribution < 1.29 is 9.53 Å². The van der Waals surface area contributed by atoms with E-state index in [2.05, 4.69) is 25.7 Å². The quantitative estimate of drug-likeness (QED) is 0.553. The molecule has 0 fully saturated rings. The molecule has 1 unspecified atom stereocenters. The van der Waals surface area contributed by atoms with Gasteiger partial charge in [-0.25, -0.2) is 14.7 Å². The lowest BCUT2D eigenvalue weighted by Gasteiger charge is -2.25. The van der Waals surface area contributed by atoms with E-state index in [4.69, 9.17) is 4.74 Å². The van der Waals surface area contributed by atoms with Crippen LogP contribution in [-0.2, 0) is 24.3 Å². The third kappa shape index (κ3) is 5.21. The number of benzene rings is 1. The zero-order valence-electron chi connectivity index (χ0n) is 16.6. The minimum Gasteiger partial charge on any atom is -0.497 e. The monoisotopic (exact) mass is 385 g/mol. The van der Waals surface area contributed by atoms with E-state index in [9.17, 15) is 4.79 Å². The van der Waals surface area contributed by atoms with Gasteiger partial charge in [-0.15, -0.1) is 0 Å². The number of rotatable bonds is 6. The maximum Gasteiger partial charge on any atom is 0.241 e. The van der Waals surface area contributed by atoms with Gasteiger partial charge in [0.1, 0.15) is 17.9 Å². The van der Waals surface area contributed by atoms with Gasteiger partial charge in [-0.2, -0.15) is 5.10 Å². The van der Waals surface area contributed by atoms with Gasteiger partial charge in [-0.1, -0.05) is 12.1 Å². The molecule has 9 heteroatoms. The van der Waals surface area contributed by atoms with E-state index >= 15 is 0 Å². The van der Waals surface area contributed by atoms with E-state index in [1.807, 2.05) is 28.9 Å². The molecule has 2 aromatic rings. The highest BCUT2D eigenvalue weighted by Crippen LogP contribution is 2.13. The lowest BCUT2D eigenvalue weighted by molar-refractivity contribution is -0.127. The standard InChI is InChI=1S/C19H27N7O2/c1-25(2)18(27)11-21-19(20-10-14-4-7-16(28-3)8-5-14)24-15-6-9-17-22-13-23-26(17)12-15/h4-5,7-8,13,15H,6,9-12H2,1-3H3,(H2,20,21,24). The Hall–Kier alpha value is -3.10. The lowest BCUT2D eigenvalue weighted by atomic mass is 10.1. The molecule has 2 heterocycles. The molecular formula is C19H27N7O2. The van der Waals surface area contributed by atoms with Gasteiger partial charge in [0, 0.05) is 26.6 Å². The molecule has 1 aromatic carbocycles. The molecule has 1 aliphatic heterocycles. The highest BCUT2D eigenvalue weighted by atomic mass is 16.5. The predicted molar refractivity (Wildman–Crippen MR) is 106 cm³/mol. The lowest BCUT2D eigenvalue weighted by Crippen LogP contribution is -2.49. The summed E-state index contributed by atoms with van der Waals surface area (Å²) in [4.78, 5) is 22.4. The SMILES string of the molecule is COc1ccc(CN=C(NCC(=O)N(C)C)NC2CCc3ncnn3C2)cc1. The molecule has 0 bridgehead atoms. The summed E-state index contributed by atoms with van der Waals surface area (Å²) in [5.74, 6) is 2.41. The van der Waals surface area contributed by atoms with Gasteiger partial charge in [0.15, 0.2) is 5.96 Å². The summed E-state index contributed by atoms with van der Waals surface area (Å²) in [6.45, 7) is 1.40. The summed E-state index contributed by atoms with van der Waals surface area (Å²) in [7, 11) is 5.11. The van der Waals surface area contributed by atoms with Crippen molar-refractivity contribution in [2.24, 2.45) is 4.99 Å². The van der Waals surface area contributed by atoms with Crippen molar-refractivity contribution in [2.75, 3.05) is 27.7 Å². The molecule has 0 saturated heterocycles. The first-order chi connectivity index (χ1) is 13.5. The van der Waals surface area contributed by atoms with Crippen molar-refractivity contribution in [3.63, 3.8) is 0 Å². The minimum absolute atomic E-state index is 0.0128. The van der Waals surface area contributed by atoms with E-state index in [1.54, 1.807) is 32.4 Å². The molecular weight excluding hydrogens is 358 g/mol. The van der Waals surface area contributed by atoms with Gasteiger partial charge in [-0.05, 0) is 24.1 Å². The Morgan fingerprint density at radius 2 is 2.14 bits per heavy atom. The zero-order chi connectivity index (χ0) is 19.9. The Kier molecular flexibility index (Phi) is 6.46. The second-order valence-electron chi connectivity index (χ2n) is 6.89. The van der Waals surface area contributed by atoms with Crippen LogP contribution in [0, 0.1) is 0 Å². The molecule has 9 nitrogen and oxygen atoms in total. The first kappa shape index (κ1) is 19.7. The number of fused-ring (bicyclic) bond motifs is 1. The number of aliphatic imine (C=N–C) groups is 1. The van der Waals surface area contributed by atoms with Crippen LogP contribution in [0.2, 0.25) is 0 Å². The fourth-order valence-corrected chi connectivity index (χ4v) is 2.92. The van der Waals surface area contributed by atoms with E-state index in [-0.39, 0.29) is 18.5 Å². The topological polar surface area (TPSA) is 96.7 Å². The van der Waals surface area contributed by atoms with Crippen molar-refractivity contribution in [3.05, 3.63) is 42.0 Å². The van der Waals surface area contributed by atoms with E-state index in [0.717, 1.165) is 36.5 Å². The van der Waals surface area contributed by atoms with Crippen LogP contribution in [0.5, 0.6) is 5.75 Å². The van der Waals surface area contributed by atoms with Crippen LogP contribution >= 0.6 is 0 Å². The van der Waals surface area contributed by atoms with Crippen LogP contribution in [0.3, 0.4) is 0 Å². The Morgan fingerprint density at radius 1 is 1.36 bits per heavy atom. The van der Waals surface area contributed by atoms with Gasteiger partial charge in [0.05, 0.1) is 26.7 Å². The third-order valence-corrected chi connectivity index (χ3v) is 4.63. The molecule has 3 rings (SSSR count). The van der Waals surface area contributed by atoms with Crippen molar-refractivity contribution in [1.82, 2.24) is 30.3 Å². The number of hydrogen-bond acceptors (Lipinski definition) is 5. The molecule has 28 heavy (non-hydrogen) atoms. The maximum absolute atomic E-state index is 12.0. The number of likely N-dealkylation sites (N-methyl/N-ethyl adjacent to an activating group) is 1. The van der Waals surface area contributed by atoms with Crippen LogP contribution in [-0.4, -0.2) is 65.3 Å². The third-order valence-electron chi connectivity index (χ3n) is 4.63. The summed E-state index contributed by atoms with van der Waals surface area (Å²) in [5.41, 5.74) is 1.06. The number of hydrogen-bond donors (Lipinski definition) is 2. The van der Waals surface area contributed by atoms with Gasteiger partial charge in [0.25, 0.3) is 0 Å². The van der Waals surface area contributed by atoms with E-state index in [0.29, 0.717) is 12.5 Å². The number of carbonyl (C=O) groups is 1. The molecule has 2 N–H and O–H groups in total. The minimum atomic E-state index is -0.0128. The van der Waals surface area contributed by atoms with Gasteiger partial charge >= 0.3 is 0 Å². The number of aryl methyl sites for hydroxylation is 1. The predicted octanol–water partition coefficient (Wildman–Crippen LogP) is 0.425. The van der Waals surface area contributed by atoms with Crippen LogP contribution in [0.1, 0.15) is 17.8 Å². The van der Waals surface area contributed by atoms with Crippen LogP contribution in [0.4, 0.5) is 0 Å². The second kappa shape index (κ2) is 9.20. The highest BCUT2D eigenvalue weighted by Gasteiger charge is 2.21. The fourth-order valence-electron chi connectivity index (χ4n) is 2.92. The number of guanidine groups is 1. The van der Waals surface area contributed by atoms with Gasteiger partial charge in [0.2, 0.25) is 5.91 Å². The Morgan fingerprint density at radius 3 is 2.86 bits per heavy atom. The van der Waals surface area contributed by atoms with Gasteiger partial charge < -0.3 is 20.3 Å². The van der Waals surface area contributed by atoms with Crippen molar-refractivity contribution in [3.8, 4) is 5.75 Å². The smallest absolute Gasteiger partial charge is 0.241 e. The summed E-state index contributed by atoms with van der Waals surface area (Å²) < 4.78 is 7.10. The van der Waals surface area contributed by atoms with Crippen LogP contribution in [0.25, 0.3) is 0 Å². The van der Waals surface area contributed by atoms with Crippen molar-refractivity contribution >= 4 is 11.9 Å². The first-order valence-electron chi connectivity index (χ1n) is 9.29. The molecule has 0 spiro atoms. The number of carbonyl (C=O) groups excluding carboxylic acids is 1. The molecule has 0 radical (unpaired) electrons. The molecule has 1 atom stereocenters. The fraction of sp³-hybridized carbons (Fsp3) is 0.474. The number of methoxy groups -OCH3 is 1. The molecule has 0 saturated carbocycles. The summed E-state index contributed by atoms with van der Waals surface area (Å²) in [6, 6.07) is 7.95. The number of nitrogens with zero attached hydrogens (tertiary/aromatic N) is 5. The van der Waals surface area contributed by atoms with Crippen LogP contribution in [0.15, 0.2) is 35.6 Å². The number of aromatic nitrogens is 3. The molecule has 1 amide bonds. The first-order valence-corrected chi connectivity index (χ1v) is 9.29. The second-order valence-corrected chi connectivity index (χ2v) is 6.89. The average Bonchev–Trinajstić information content (AvgIpc) is 3.17. The largest absolute Gasteiger partial charge is 0.497 e. The van der Waals surface area contributed by atoms with Crippen LogP contribution < -0.4 is 15.4 Å². The number of amides is 1. The summed E-state index contributed by atoms with van der Waals surface area (Å²) in [5, 5.41) is 10.8. The molecule has 150 valence electrons. The van der Waals surface area contributed by atoms with Crippen molar-refractivity contribution in [1.29, 1.82) is 0 Å². The molecule has 1 aliphatic rings. The summed E-state index contributed by atoms with van der Waals surface area (Å²) in [6.07, 6.45) is 3.38. The Balaban J connectivity index is 1.66. The summed E-state index contributed by atoms with van der Waals surface area (Å²) >= 11 is 0. The van der Waals surface area contributed by atoms with E-state index < -0.39 is 0 Å². The average molecular weight is 385 g/mol. The Bertz CT molecular complexity index is 814. The maximum atomic E-state index is 12.0. The van der Waals surface area contributed by atoms with E-state index in [1.165, 1.54) is 0 Å². The Labute approximate surface area is 164 Å². The van der Waals surface area contributed by atoms with Crippen molar-refractivity contribution in [2.45, 2.75) is 32.0 Å². The molecule has 0 aliphatic carbocycles. The zero-order valence-corrected chi connectivity index (χ0v) is 16.6. The highest BCUT2D eigenvalue weighted by molar-refractivity contribution is 5.86.